The molecule has 9 nitrogen and oxygen atoms in total. The Morgan fingerprint density at radius 1 is 1.35 bits per heavy atom. The monoisotopic (exact) mass is 429 g/mol. The lowest BCUT2D eigenvalue weighted by molar-refractivity contribution is -0.117. The Balaban J connectivity index is 2.03. The van der Waals surface area contributed by atoms with Gasteiger partial charge < -0.3 is 25.0 Å². The molecule has 0 saturated heterocycles. The molecule has 1 aliphatic heterocycles. The highest BCUT2D eigenvalue weighted by molar-refractivity contribution is 5.94. The summed E-state index contributed by atoms with van der Waals surface area (Å²) in [6.07, 6.45) is 3.16. The fourth-order valence-corrected chi connectivity index (χ4v) is 4.33. The highest BCUT2D eigenvalue weighted by Gasteiger charge is 2.38. The lowest BCUT2D eigenvalue weighted by atomic mass is 9.89. The minimum Gasteiger partial charge on any atom is -0.465 e. The summed E-state index contributed by atoms with van der Waals surface area (Å²) in [6, 6.07) is 5.08. The van der Waals surface area contributed by atoms with E-state index in [0.717, 1.165) is 22.6 Å². The van der Waals surface area contributed by atoms with Crippen LogP contribution >= 0.6 is 0 Å². The molecule has 1 aromatic carbocycles. The second-order valence-electron chi connectivity index (χ2n) is 8.19. The van der Waals surface area contributed by atoms with Crippen molar-refractivity contribution in [3.05, 3.63) is 42.0 Å². The van der Waals surface area contributed by atoms with Crippen LogP contribution in [0.2, 0.25) is 0 Å². The predicted octanol–water partition coefficient (Wildman–Crippen LogP) is 2.53. The number of nitrogens with zero attached hydrogens (tertiary/aromatic N) is 4. The lowest BCUT2D eigenvalue weighted by Crippen LogP contribution is -2.48. The molecule has 0 spiro atoms. The van der Waals surface area contributed by atoms with Crippen molar-refractivity contribution in [2.24, 2.45) is 0 Å². The average Bonchev–Trinajstić information content (AvgIpc) is 3.16. The molecule has 0 aliphatic carbocycles. The quantitative estimate of drug-likeness (QED) is 0.584. The van der Waals surface area contributed by atoms with Crippen molar-refractivity contribution in [3.63, 3.8) is 0 Å². The normalized spacial score (nSPS) is 18.2. The van der Waals surface area contributed by atoms with Gasteiger partial charge in [-0.05, 0) is 45.4 Å². The standard InChI is InChI=1S/C22H31N5O4/c1-14(2)26(22(30)31)21-9-15(3)27(16(4)29)20-6-5-18(10-19(20)21)25-12-17(24-13-25)11-23-7-8-28/h5-6,10,12-15,21,23,28H,7-9,11H2,1-4H3,(H,30,31)/t15-,21+/m0/s1. The SMILES string of the molecule is CC(=O)N1c2ccc(-n3cnc(CNCCO)c3)cc2[C@H](N(C(=O)O)C(C)C)C[C@@H]1C. The van der Waals surface area contributed by atoms with Gasteiger partial charge in [0.1, 0.15) is 0 Å². The Kier molecular flexibility index (Phi) is 6.97. The number of aromatic nitrogens is 2. The van der Waals surface area contributed by atoms with Crippen LogP contribution in [0.5, 0.6) is 0 Å². The molecule has 2 amide bonds. The first-order chi connectivity index (χ1) is 14.7. The lowest BCUT2D eigenvalue weighted by Gasteiger charge is -2.43. The Hall–Kier alpha value is -2.91. The number of fused-ring (bicyclic) bond motifs is 1. The molecule has 2 atom stereocenters. The van der Waals surface area contributed by atoms with Gasteiger partial charge >= 0.3 is 6.09 Å². The number of aliphatic hydroxyl groups excluding tert-OH is 1. The maximum Gasteiger partial charge on any atom is 0.408 e. The minimum absolute atomic E-state index is 0.0634. The van der Waals surface area contributed by atoms with Gasteiger partial charge in [-0.2, -0.15) is 0 Å². The van der Waals surface area contributed by atoms with Crippen molar-refractivity contribution < 1.29 is 19.8 Å². The number of amides is 2. The van der Waals surface area contributed by atoms with Gasteiger partial charge in [0.15, 0.2) is 0 Å². The molecule has 0 saturated carbocycles. The molecule has 3 N–H and O–H groups in total. The smallest absolute Gasteiger partial charge is 0.408 e. The van der Waals surface area contributed by atoms with Crippen LogP contribution in [0.1, 0.15) is 51.4 Å². The van der Waals surface area contributed by atoms with Crippen molar-refractivity contribution in [1.82, 2.24) is 19.8 Å². The van der Waals surface area contributed by atoms with Crippen molar-refractivity contribution in [2.75, 3.05) is 18.1 Å². The van der Waals surface area contributed by atoms with E-state index in [1.54, 1.807) is 11.2 Å². The number of imidazole rings is 1. The second kappa shape index (κ2) is 9.49. The van der Waals surface area contributed by atoms with E-state index in [4.69, 9.17) is 5.11 Å². The number of rotatable bonds is 7. The van der Waals surface area contributed by atoms with Crippen molar-refractivity contribution >= 4 is 17.7 Å². The molecule has 9 heteroatoms. The molecule has 1 aliphatic rings. The summed E-state index contributed by atoms with van der Waals surface area (Å²) in [5, 5.41) is 21.9. The van der Waals surface area contributed by atoms with Crippen LogP contribution in [0.25, 0.3) is 5.69 Å². The molecule has 0 unspecified atom stereocenters. The van der Waals surface area contributed by atoms with Crippen molar-refractivity contribution in [3.8, 4) is 5.69 Å². The molecule has 0 radical (unpaired) electrons. The zero-order valence-electron chi connectivity index (χ0n) is 18.4. The highest BCUT2D eigenvalue weighted by Crippen LogP contribution is 2.42. The topological polar surface area (TPSA) is 111 Å². The molecule has 0 bridgehead atoms. The van der Waals surface area contributed by atoms with E-state index in [9.17, 15) is 14.7 Å². The number of anilines is 1. The van der Waals surface area contributed by atoms with Gasteiger partial charge in [0.25, 0.3) is 0 Å². The number of hydrogen-bond acceptors (Lipinski definition) is 5. The third-order valence-electron chi connectivity index (χ3n) is 5.62. The van der Waals surface area contributed by atoms with Gasteiger partial charge in [0.2, 0.25) is 5.91 Å². The van der Waals surface area contributed by atoms with Gasteiger partial charge in [-0.1, -0.05) is 0 Å². The predicted molar refractivity (Wildman–Crippen MR) is 117 cm³/mol. The average molecular weight is 430 g/mol. The number of carbonyl (C=O) groups is 2. The summed E-state index contributed by atoms with van der Waals surface area (Å²) in [5.74, 6) is -0.0637. The maximum atomic E-state index is 12.4. The molecule has 2 heterocycles. The maximum absolute atomic E-state index is 12.4. The number of benzene rings is 1. The van der Waals surface area contributed by atoms with E-state index in [0.29, 0.717) is 19.5 Å². The van der Waals surface area contributed by atoms with Crippen LogP contribution in [0.3, 0.4) is 0 Å². The van der Waals surface area contributed by atoms with E-state index in [-0.39, 0.29) is 30.6 Å². The minimum atomic E-state index is -0.972. The molecule has 31 heavy (non-hydrogen) atoms. The van der Waals surface area contributed by atoms with E-state index in [2.05, 4.69) is 10.3 Å². The number of carbonyl (C=O) groups excluding carboxylic acids is 1. The van der Waals surface area contributed by atoms with E-state index < -0.39 is 6.09 Å². The van der Waals surface area contributed by atoms with Crippen LogP contribution < -0.4 is 10.2 Å². The van der Waals surface area contributed by atoms with Crippen LogP contribution in [-0.2, 0) is 11.3 Å². The van der Waals surface area contributed by atoms with Gasteiger partial charge in [-0.25, -0.2) is 9.78 Å². The molecule has 3 rings (SSSR count). The molecule has 168 valence electrons. The first-order valence-electron chi connectivity index (χ1n) is 10.5. The summed E-state index contributed by atoms with van der Waals surface area (Å²) in [5.41, 5.74) is 3.24. The zero-order chi connectivity index (χ0) is 22.7. The third-order valence-corrected chi connectivity index (χ3v) is 5.62. The summed E-state index contributed by atoms with van der Waals surface area (Å²) >= 11 is 0. The molecular formula is C22H31N5O4. The summed E-state index contributed by atoms with van der Waals surface area (Å²) in [4.78, 5) is 32.0. The Morgan fingerprint density at radius 2 is 2.10 bits per heavy atom. The molecule has 1 aromatic heterocycles. The summed E-state index contributed by atoms with van der Waals surface area (Å²) < 4.78 is 1.88. The van der Waals surface area contributed by atoms with E-state index in [1.807, 2.05) is 49.7 Å². The first kappa shape index (κ1) is 22.8. The van der Waals surface area contributed by atoms with Gasteiger partial charge in [-0.3, -0.25) is 9.69 Å². The largest absolute Gasteiger partial charge is 0.465 e. The Morgan fingerprint density at radius 3 is 2.71 bits per heavy atom. The zero-order valence-corrected chi connectivity index (χ0v) is 18.4. The van der Waals surface area contributed by atoms with E-state index >= 15 is 0 Å². The fourth-order valence-electron chi connectivity index (χ4n) is 4.33. The Labute approximate surface area is 182 Å². The first-order valence-corrected chi connectivity index (χ1v) is 10.5. The van der Waals surface area contributed by atoms with E-state index in [1.165, 1.54) is 11.8 Å². The van der Waals surface area contributed by atoms with Crippen LogP contribution in [-0.4, -0.2) is 61.9 Å². The van der Waals surface area contributed by atoms with Crippen LogP contribution in [0.4, 0.5) is 10.5 Å². The number of nitrogens with one attached hydrogen (secondary N) is 1. The Bertz CT molecular complexity index is 942. The summed E-state index contributed by atoms with van der Waals surface area (Å²) in [6.45, 7) is 8.31. The molecular weight excluding hydrogens is 398 g/mol. The van der Waals surface area contributed by atoms with Gasteiger partial charge in [-0.15, -0.1) is 0 Å². The summed E-state index contributed by atoms with van der Waals surface area (Å²) in [7, 11) is 0. The number of hydrogen-bond donors (Lipinski definition) is 3. The van der Waals surface area contributed by atoms with Crippen LogP contribution in [0.15, 0.2) is 30.7 Å². The van der Waals surface area contributed by atoms with Crippen molar-refractivity contribution in [1.29, 1.82) is 0 Å². The fraction of sp³-hybridized carbons (Fsp3) is 0.500. The van der Waals surface area contributed by atoms with Crippen molar-refractivity contribution in [2.45, 2.75) is 58.8 Å². The third kappa shape index (κ3) is 4.72. The number of carboxylic acid groups (broad SMARTS) is 1. The molecule has 0 fully saturated rings. The van der Waals surface area contributed by atoms with Crippen LogP contribution in [0, 0.1) is 0 Å². The number of aliphatic hydroxyl groups is 1. The van der Waals surface area contributed by atoms with Gasteiger partial charge in [0.05, 0.1) is 24.7 Å². The highest BCUT2D eigenvalue weighted by atomic mass is 16.4. The molecule has 2 aromatic rings. The second-order valence-corrected chi connectivity index (χ2v) is 8.19. The van der Waals surface area contributed by atoms with Gasteiger partial charge in [0, 0.05) is 55.2 Å².